The van der Waals surface area contributed by atoms with E-state index in [0.29, 0.717) is 38.6 Å². The van der Waals surface area contributed by atoms with Crippen molar-refractivity contribution < 1.29 is 17.9 Å². The van der Waals surface area contributed by atoms with Gasteiger partial charge in [-0.25, -0.2) is 18.4 Å². The fourth-order valence-corrected chi connectivity index (χ4v) is 4.23. The van der Waals surface area contributed by atoms with Crippen LogP contribution in [0.2, 0.25) is 0 Å². The minimum Gasteiger partial charge on any atom is -0.481 e. The van der Waals surface area contributed by atoms with Crippen LogP contribution >= 0.6 is 24.0 Å². The Bertz CT molecular complexity index is 768. The van der Waals surface area contributed by atoms with Crippen LogP contribution in [-0.4, -0.2) is 86.9 Å². The summed E-state index contributed by atoms with van der Waals surface area (Å²) >= 11 is 0. The van der Waals surface area contributed by atoms with Crippen molar-refractivity contribution in [3.8, 4) is 5.88 Å². The van der Waals surface area contributed by atoms with Gasteiger partial charge in [-0.15, -0.1) is 24.0 Å². The molecular formula is C19H34IN5O4S. The lowest BCUT2D eigenvalue weighted by atomic mass is 10.3. The Kier molecular flexibility index (Phi) is 11.9. The fraction of sp³-hybridized carbons (Fsp3) is 0.684. The third-order valence-corrected chi connectivity index (χ3v) is 6.31. The highest BCUT2D eigenvalue weighted by Gasteiger charge is 2.28. The first-order chi connectivity index (χ1) is 13.9. The zero-order valence-electron chi connectivity index (χ0n) is 18.2. The summed E-state index contributed by atoms with van der Waals surface area (Å²) in [6.07, 6.45) is 1.73. The highest BCUT2D eigenvalue weighted by molar-refractivity contribution is 14.0. The smallest absolute Gasteiger partial charge is 0.216 e. The number of sulfonamides is 1. The maximum Gasteiger partial charge on any atom is 0.216 e. The quantitative estimate of drug-likeness (QED) is 0.281. The first-order valence-corrected chi connectivity index (χ1v) is 11.6. The molecule has 1 aromatic rings. The molecule has 1 aliphatic heterocycles. The van der Waals surface area contributed by atoms with Gasteiger partial charge in [-0.3, -0.25) is 0 Å². The van der Waals surface area contributed by atoms with E-state index in [-0.39, 0.29) is 42.4 Å². The van der Waals surface area contributed by atoms with Crippen LogP contribution in [0.15, 0.2) is 23.3 Å². The largest absolute Gasteiger partial charge is 0.481 e. The topological polar surface area (TPSA) is 96.4 Å². The fourth-order valence-electron chi connectivity index (χ4n) is 2.95. The van der Waals surface area contributed by atoms with E-state index in [1.165, 1.54) is 0 Å². The van der Waals surface area contributed by atoms with Gasteiger partial charge in [-0.1, -0.05) is 0 Å². The van der Waals surface area contributed by atoms with Gasteiger partial charge in [0.1, 0.15) is 0 Å². The highest BCUT2D eigenvalue weighted by Crippen LogP contribution is 2.12. The van der Waals surface area contributed by atoms with Crippen LogP contribution < -0.4 is 10.1 Å². The molecule has 0 aliphatic carbocycles. The third kappa shape index (κ3) is 8.52. The molecule has 1 fully saturated rings. The number of hydrogen-bond acceptors (Lipinski definition) is 6. The zero-order valence-corrected chi connectivity index (χ0v) is 21.4. The Morgan fingerprint density at radius 2 is 2.00 bits per heavy atom. The molecule has 0 unspecified atom stereocenters. The molecule has 0 amide bonds. The molecule has 9 nitrogen and oxygen atoms in total. The number of piperazine rings is 1. The molecule has 0 aromatic carbocycles. The summed E-state index contributed by atoms with van der Waals surface area (Å²) in [5.74, 6) is 1.36. The molecular weight excluding hydrogens is 521 g/mol. The number of halogens is 1. The molecule has 0 spiro atoms. The molecule has 0 bridgehead atoms. The molecule has 2 rings (SSSR count). The Morgan fingerprint density at radius 3 is 2.60 bits per heavy atom. The summed E-state index contributed by atoms with van der Waals surface area (Å²) in [6.45, 7) is 9.33. The average Bonchev–Trinajstić information content (AvgIpc) is 2.71. The minimum absolute atomic E-state index is 0. The maximum absolute atomic E-state index is 12.5. The number of guanidine groups is 1. The molecule has 1 saturated heterocycles. The summed E-state index contributed by atoms with van der Waals surface area (Å²) in [4.78, 5) is 10.9. The van der Waals surface area contributed by atoms with Crippen LogP contribution in [0.3, 0.4) is 0 Å². The first-order valence-electron chi connectivity index (χ1n) is 9.97. The molecule has 0 atom stereocenters. The summed E-state index contributed by atoms with van der Waals surface area (Å²) in [5, 5.41) is 3.29. The Labute approximate surface area is 197 Å². The number of ether oxygens (including phenoxy) is 2. The van der Waals surface area contributed by atoms with Gasteiger partial charge >= 0.3 is 0 Å². The number of hydrogen-bond donors (Lipinski definition) is 1. The van der Waals surface area contributed by atoms with E-state index < -0.39 is 10.0 Å². The second-order valence-corrected chi connectivity index (χ2v) is 9.09. The van der Waals surface area contributed by atoms with Gasteiger partial charge in [0.15, 0.2) is 5.96 Å². The Hall–Kier alpha value is -1.18. The number of pyridine rings is 1. The van der Waals surface area contributed by atoms with E-state index in [1.807, 2.05) is 32.9 Å². The van der Waals surface area contributed by atoms with Gasteiger partial charge in [0.25, 0.3) is 0 Å². The van der Waals surface area contributed by atoms with E-state index in [4.69, 9.17) is 14.5 Å². The third-order valence-electron chi connectivity index (χ3n) is 4.48. The van der Waals surface area contributed by atoms with Crippen molar-refractivity contribution in [3.63, 3.8) is 0 Å². The number of rotatable bonds is 9. The second kappa shape index (κ2) is 13.3. The van der Waals surface area contributed by atoms with Crippen LogP contribution in [0.25, 0.3) is 0 Å². The number of aliphatic imine (C=N–C) groups is 1. The maximum atomic E-state index is 12.5. The number of aromatic nitrogens is 1. The van der Waals surface area contributed by atoms with E-state index in [2.05, 4.69) is 15.2 Å². The van der Waals surface area contributed by atoms with Crippen LogP contribution in [0.1, 0.15) is 26.3 Å². The van der Waals surface area contributed by atoms with Gasteiger partial charge in [-0.05, 0) is 32.4 Å². The lowest BCUT2D eigenvalue weighted by molar-refractivity contribution is 0.0904. The van der Waals surface area contributed by atoms with Crippen molar-refractivity contribution in [2.45, 2.75) is 33.4 Å². The lowest BCUT2D eigenvalue weighted by Crippen LogP contribution is -2.54. The standard InChI is InChI=1S/C19H33N5O4S.HI/c1-5-20-19(22-15-17-6-7-21-18(14-17)27-4)23-8-10-24(11-9-23)29(25,26)13-12-28-16(2)3;/h6-7,14,16H,5,8-13,15H2,1-4H3,(H,20,22);1H. The molecule has 2 heterocycles. The summed E-state index contributed by atoms with van der Waals surface area (Å²) < 4.78 is 37.1. The molecule has 30 heavy (non-hydrogen) atoms. The Morgan fingerprint density at radius 1 is 1.30 bits per heavy atom. The van der Waals surface area contributed by atoms with Gasteiger partial charge < -0.3 is 19.7 Å². The van der Waals surface area contributed by atoms with Gasteiger partial charge in [0, 0.05) is 45.0 Å². The van der Waals surface area contributed by atoms with E-state index in [0.717, 1.165) is 18.1 Å². The monoisotopic (exact) mass is 555 g/mol. The van der Waals surface area contributed by atoms with Crippen molar-refractivity contribution in [2.75, 3.05) is 52.2 Å². The van der Waals surface area contributed by atoms with Crippen molar-refractivity contribution in [1.29, 1.82) is 0 Å². The normalized spacial score (nSPS) is 15.8. The molecule has 11 heteroatoms. The average molecular weight is 555 g/mol. The lowest BCUT2D eigenvalue weighted by Gasteiger charge is -2.36. The highest BCUT2D eigenvalue weighted by atomic mass is 127. The van der Waals surface area contributed by atoms with Crippen LogP contribution in [-0.2, 0) is 21.3 Å². The van der Waals surface area contributed by atoms with Gasteiger partial charge in [0.05, 0.1) is 32.1 Å². The van der Waals surface area contributed by atoms with E-state index in [1.54, 1.807) is 17.6 Å². The van der Waals surface area contributed by atoms with Crippen LogP contribution in [0, 0.1) is 0 Å². The van der Waals surface area contributed by atoms with Crippen molar-refractivity contribution >= 4 is 40.0 Å². The predicted octanol–water partition coefficient (Wildman–Crippen LogP) is 1.55. The molecule has 0 radical (unpaired) electrons. The predicted molar refractivity (Wildman–Crippen MR) is 129 cm³/mol. The van der Waals surface area contributed by atoms with Crippen molar-refractivity contribution in [1.82, 2.24) is 19.5 Å². The minimum atomic E-state index is -3.30. The molecule has 0 saturated carbocycles. The number of nitrogens with zero attached hydrogens (tertiary/aromatic N) is 4. The van der Waals surface area contributed by atoms with E-state index in [9.17, 15) is 8.42 Å². The van der Waals surface area contributed by atoms with Crippen LogP contribution in [0.5, 0.6) is 5.88 Å². The summed E-state index contributed by atoms with van der Waals surface area (Å²) in [6, 6.07) is 3.76. The molecule has 172 valence electrons. The summed E-state index contributed by atoms with van der Waals surface area (Å²) in [5.41, 5.74) is 0.999. The molecule has 1 N–H and O–H groups in total. The van der Waals surface area contributed by atoms with E-state index >= 15 is 0 Å². The molecule has 1 aromatic heterocycles. The zero-order chi connectivity index (χ0) is 21.3. The molecule has 1 aliphatic rings. The van der Waals surface area contributed by atoms with Crippen LogP contribution in [0.4, 0.5) is 0 Å². The first kappa shape index (κ1) is 26.9. The Balaban J connectivity index is 0.00000450. The van der Waals surface area contributed by atoms with Crippen molar-refractivity contribution in [2.24, 2.45) is 4.99 Å². The summed E-state index contributed by atoms with van der Waals surface area (Å²) in [7, 11) is -1.72. The van der Waals surface area contributed by atoms with Gasteiger partial charge in [-0.2, -0.15) is 4.31 Å². The van der Waals surface area contributed by atoms with Crippen molar-refractivity contribution in [3.05, 3.63) is 23.9 Å². The second-order valence-electron chi connectivity index (χ2n) is 7.00. The number of nitrogens with one attached hydrogen (secondary N) is 1. The number of methoxy groups -OCH3 is 1. The SMILES string of the molecule is CCNC(=NCc1ccnc(OC)c1)N1CCN(S(=O)(=O)CCOC(C)C)CC1.I. The van der Waals surface area contributed by atoms with Gasteiger partial charge in [0.2, 0.25) is 15.9 Å².